The van der Waals surface area contributed by atoms with E-state index in [1.54, 1.807) is 42.5 Å². The van der Waals surface area contributed by atoms with Crippen LogP contribution in [0.15, 0.2) is 66.4 Å². The van der Waals surface area contributed by atoms with Crippen LogP contribution in [0, 0.1) is 6.92 Å². The van der Waals surface area contributed by atoms with Crippen molar-refractivity contribution in [1.29, 1.82) is 0 Å². The molecule has 1 heterocycles. The van der Waals surface area contributed by atoms with Crippen molar-refractivity contribution in [2.45, 2.75) is 13.5 Å². The van der Waals surface area contributed by atoms with Crippen LogP contribution in [-0.2, 0) is 11.3 Å². The number of halogens is 1. The molecular formula is C25H19ClO5. The highest BCUT2D eigenvalue weighted by molar-refractivity contribution is 6.30. The highest BCUT2D eigenvalue weighted by Gasteiger charge is 2.30. The van der Waals surface area contributed by atoms with E-state index in [2.05, 4.69) is 0 Å². The molecule has 0 atom stereocenters. The Morgan fingerprint density at radius 3 is 2.58 bits per heavy atom. The van der Waals surface area contributed by atoms with Crippen LogP contribution >= 0.6 is 11.6 Å². The van der Waals surface area contributed by atoms with Crippen molar-refractivity contribution in [3.05, 3.63) is 99.3 Å². The van der Waals surface area contributed by atoms with Crippen molar-refractivity contribution >= 4 is 29.4 Å². The zero-order valence-corrected chi connectivity index (χ0v) is 17.7. The lowest BCUT2D eigenvalue weighted by molar-refractivity contribution is 0.0600. The van der Waals surface area contributed by atoms with Gasteiger partial charge in [-0.1, -0.05) is 35.9 Å². The van der Waals surface area contributed by atoms with Gasteiger partial charge in [-0.3, -0.25) is 4.79 Å². The zero-order valence-electron chi connectivity index (χ0n) is 17.0. The van der Waals surface area contributed by atoms with Gasteiger partial charge in [0.1, 0.15) is 18.1 Å². The summed E-state index contributed by atoms with van der Waals surface area (Å²) in [4.78, 5) is 24.3. The molecule has 31 heavy (non-hydrogen) atoms. The van der Waals surface area contributed by atoms with E-state index in [9.17, 15) is 9.59 Å². The lowest BCUT2D eigenvalue weighted by Gasteiger charge is -2.11. The summed E-state index contributed by atoms with van der Waals surface area (Å²) in [6.45, 7) is 2.21. The molecule has 6 heteroatoms. The zero-order chi connectivity index (χ0) is 22.0. The molecule has 0 bridgehead atoms. The molecule has 156 valence electrons. The first-order valence-corrected chi connectivity index (χ1v) is 9.97. The number of rotatable bonds is 5. The number of Topliss-reactive ketones (excluding diaryl/α,β-unsaturated/α-hetero) is 1. The van der Waals surface area contributed by atoms with E-state index >= 15 is 0 Å². The molecule has 3 aromatic rings. The number of esters is 1. The van der Waals surface area contributed by atoms with Gasteiger partial charge in [-0.05, 0) is 60.5 Å². The highest BCUT2D eigenvalue weighted by Crippen LogP contribution is 2.39. The topological polar surface area (TPSA) is 61.8 Å². The average molecular weight is 435 g/mol. The summed E-state index contributed by atoms with van der Waals surface area (Å²) in [6.07, 6.45) is 1.65. The molecule has 3 aromatic carbocycles. The van der Waals surface area contributed by atoms with Crippen molar-refractivity contribution in [3.8, 4) is 11.5 Å². The van der Waals surface area contributed by atoms with Crippen LogP contribution in [0.25, 0.3) is 6.08 Å². The van der Waals surface area contributed by atoms with Gasteiger partial charge in [0.25, 0.3) is 0 Å². The van der Waals surface area contributed by atoms with Crippen LogP contribution in [0.3, 0.4) is 0 Å². The van der Waals surface area contributed by atoms with Crippen molar-refractivity contribution < 1.29 is 23.8 Å². The molecule has 0 saturated carbocycles. The van der Waals surface area contributed by atoms with Crippen LogP contribution < -0.4 is 9.47 Å². The molecule has 0 amide bonds. The monoisotopic (exact) mass is 434 g/mol. The number of carbonyl (C=O) groups is 2. The molecule has 0 spiro atoms. The molecule has 4 rings (SSSR count). The van der Waals surface area contributed by atoms with Crippen molar-refractivity contribution in [2.24, 2.45) is 0 Å². The van der Waals surface area contributed by atoms with Crippen molar-refractivity contribution in [2.75, 3.05) is 7.11 Å². The summed E-state index contributed by atoms with van der Waals surface area (Å²) < 4.78 is 16.5. The number of hydrogen-bond acceptors (Lipinski definition) is 5. The molecule has 0 N–H and O–H groups in total. The normalized spacial score (nSPS) is 13.6. The van der Waals surface area contributed by atoms with Gasteiger partial charge in [0.2, 0.25) is 5.78 Å². The van der Waals surface area contributed by atoms with E-state index < -0.39 is 5.97 Å². The van der Waals surface area contributed by atoms with Gasteiger partial charge in [-0.2, -0.15) is 0 Å². The first kappa shape index (κ1) is 20.7. The third-order valence-electron chi connectivity index (χ3n) is 4.95. The van der Waals surface area contributed by atoms with Gasteiger partial charge >= 0.3 is 5.97 Å². The first-order chi connectivity index (χ1) is 15.0. The second-order valence-corrected chi connectivity index (χ2v) is 7.47. The molecular weight excluding hydrogens is 416 g/mol. The number of carbonyl (C=O) groups excluding carboxylic acids is 2. The summed E-state index contributed by atoms with van der Waals surface area (Å²) in [5, 5.41) is 0.648. The van der Waals surface area contributed by atoms with Crippen LogP contribution in [0.4, 0.5) is 0 Å². The molecule has 0 aromatic heterocycles. The van der Waals surface area contributed by atoms with Crippen molar-refractivity contribution in [1.82, 2.24) is 0 Å². The van der Waals surface area contributed by atoms with Crippen LogP contribution in [0.2, 0.25) is 5.02 Å². The Bertz CT molecular complexity index is 1200. The minimum Gasteiger partial charge on any atom is -0.488 e. The minimum atomic E-state index is -0.416. The Hall–Kier alpha value is -3.57. The Morgan fingerprint density at radius 2 is 1.87 bits per heavy atom. The van der Waals surface area contributed by atoms with Gasteiger partial charge in [0.15, 0.2) is 5.76 Å². The van der Waals surface area contributed by atoms with Gasteiger partial charge in [-0.15, -0.1) is 0 Å². The number of methoxy groups -OCH3 is 1. The summed E-state index contributed by atoms with van der Waals surface area (Å²) in [5.74, 6) is 0.731. The molecule has 0 aliphatic carbocycles. The van der Waals surface area contributed by atoms with Crippen molar-refractivity contribution in [3.63, 3.8) is 0 Å². The van der Waals surface area contributed by atoms with Gasteiger partial charge in [0, 0.05) is 10.6 Å². The molecule has 0 fully saturated rings. The predicted molar refractivity (Wildman–Crippen MR) is 118 cm³/mol. The molecule has 1 aliphatic rings. The van der Waals surface area contributed by atoms with E-state index in [1.807, 2.05) is 31.2 Å². The van der Waals surface area contributed by atoms with Crippen LogP contribution in [-0.4, -0.2) is 18.9 Å². The highest BCUT2D eigenvalue weighted by atomic mass is 35.5. The maximum Gasteiger partial charge on any atom is 0.337 e. The number of ketones is 1. The van der Waals surface area contributed by atoms with Gasteiger partial charge in [0.05, 0.1) is 18.2 Å². The van der Waals surface area contributed by atoms with E-state index in [0.717, 1.165) is 16.7 Å². The third kappa shape index (κ3) is 4.32. The Morgan fingerprint density at radius 1 is 1.10 bits per heavy atom. The number of fused-ring (bicyclic) bond motifs is 1. The number of benzene rings is 3. The summed E-state index contributed by atoms with van der Waals surface area (Å²) in [5.41, 5.74) is 3.35. The number of allylic oxidation sites excluding steroid dienone is 1. The fourth-order valence-electron chi connectivity index (χ4n) is 3.30. The maximum atomic E-state index is 12.8. The number of hydrogen-bond donors (Lipinski definition) is 0. The SMILES string of the molecule is COC(=O)c1ccc(/C=C2\Oc3c(ccc(OCc4cccc(Cl)c4)c3C)C2=O)cc1. The van der Waals surface area contributed by atoms with Crippen LogP contribution in [0.5, 0.6) is 11.5 Å². The summed E-state index contributed by atoms with van der Waals surface area (Å²) >= 11 is 6.02. The molecule has 0 saturated heterocycles. The van der Waals surface area contributed by atoms with Gasteiger partial charge < -0.3 is 14.2 Å². The fraction of sp³-hybridized carbons (Fsp3) is 0.120. The van der Waals surface area contributed by atoms with Gasteiger partial charge in [-0.25, -0.2) is 4.79 Å². The Balaban J connectivity index is 1.54. The molecule has 1 aliphatic heterocycles. The smallest absolute Gasteiger partial charge is 0.337 e. The lowest BCUT2D eigenvalue weighted by Crippen LogP contribution is -2.01. The minimum absolute atomic E-state index is 0.198. The maximum absolute atomic E-state index is 12.8. The molecule has 5 nitrogen and oxygen atoms in total. The molecule has 0 radical (unpaired) electrons. The van der Waals surface area contributed by atoms with Crippen LogP contribution in [0.1, 0.15) is 37.4 Å². The average Bonchev–Trinajstić information content (AvgIpc) is 3.09. The lowest BCUT2D eigenvalue weighted by atomic mass is 10.1. The second kappa shape index (κ2) is 8.66. The standard InChI is InChI=1S/C25H19ClO5/c1-15-21(30-14-17-4-3-5-19(26)12-17)11-10-20-23(27)22(31-24(15)20)13-16-6-8-18(9-7-16)25(28)29-2/h3-13H,14H2,1-2H3/b22-13-. The third-order valence-corrected chi connectivity index (χ3v) is 5.18. The van der Waals surface area contributed by atoms with E-state index in [4.69, 9.17) is 25.8 Å². The summed E-state index contributed by atoms with van der Waals surface area (Å²) in [7, 11) is 1.33. The molecule has 0 unspecified atom stereocenters. The predicted octanol–water partition coefficient (Wildman–Crippen LogP) is 5.63. The van der Waals surface area contributed by atoms with E-state index in [0.29, 0.717) is 34.3 Å². The van der Waals surface area contributed by atoms with E-state index in [1.165, 1.54) is 7.11 Å². The number of ether oxygens (including phenoxy) is 3. The Kier molecular flexibility index (Phi) is 5.78. The first-order valence-electron chi connectivity index (χ1n) is 9.59. The largest absolute Gasteiger partial charge is 0.488 e. The quantitative estimate of drug-likeness (QED) is 0.384. The fourth-order valence-corrected chi connectivity index (χ4v) is 3.51. The Labute approximate surface area is 184 Å². The summed E-state index contributed by atoms with van der Waals surface area (Å²) in [6, 6.07) is 17.7. The second-order valence-electron chi connectivity index (χ2n) is 7.04. The van der Waals surface area contributed by atoms with E-state index in [-0.39, 0.29) is 11.5 Å².